The third kappa shape index (κ3) is 5.08. The molecular weight excluding hydrogens is 430 g/mol. The van der Waals surface area contributed by atoms with E-state index in [1.807, 2.05) is 24.3 Å². The number of nitrogens with two attached hydrogens (primary N) is 1. The molecule has 0 aliphatic carbocycles. The number of nitrogen functional groups attached to an aromatic ring is 1. The van der Waals surface area contributed by atoms with Crippen molar-refractivity contribution >= 4 is 39.5 Å². The Kier molecular flexibility index (Phi) is 7.20. The standard InChI is InChI=1S/C25H27N7O2.2H2/c1-34-14-11-21-31-22-23(19-9-2-3-10-20(19)30-24(22)27)32(21)13-5-4-12-28-25(33)29-18-8-6-7-17(15-18)16-26;;/h2-3,6-10,15H,4-5,11-14H2,1H3,(H2,27,30)(H2,28,29,33);2*1H. The van der Waals surface area contributed by atoms with Gasteiger partial charge < -0.3 is 25.7 Å². The van der Waals surface area contributed by atoms with E-state index < -0.39 is 0 Å². The predicted octanol–water partition coefficient (Wildman–Crippen LogP) is 4.32. The summed E-state index contributed by atoms with van der Waals surface area (Å²) in [6.07, 6.45) is 2.29. The summed E-state index contributed by atoms with van der Waals surface area (Å²) in [6, 6.07) is 16.5. The van der Waals surface area contributed by atoms with Crippen LogP contribution in [0.5, 0.6) is 0 Å². The average molecular weight is 462 g/mol. The van der Waals surface area contributed by atoms with Crippen molar-refractivity contribution < 1.29 is 12.4 Å². The Morgan fingerprint density at radius 1 is 1.21 bits per heavy atom. The number of benzene rings is 2. The van der Waals surface area contributed by atoms with Crippen LogP contribution in [0.2, 0.25) is 0 Å². The van der Waals surface area contributed by atoms with Gasteiger partial charge in [-0.15, -0.1) is 0 Å². The van der Waals surface area contributed by atoms with Crippen LogP contribution in [0.15, 0.2) is 48.5 Å². The lowest BCUT2D eigenvalue weighted by Crippen LogP contribution is -2.29. The van der Waals surface area contributed by atoms with Crippen molar-refractivity contribution in [1.29, 1.82) is 5.26 Å². The maximum Gasteiger partial charge on any atom is 0.319 e. The van der Waals surface area contributed by atoms with E-state index in [2.05, 4.69) is 26.3 Å². The van der Waals surface area contributed by atoms with Gasteiger partial charge in [-0.3, -0.25) is 0 Å². The van der Waals surface area contributed by atoms with Gasteiger partial charge in [0.15, 0.2) is 5.82 Å². The van der Waals surface area contributed by atoms with Gasteiger partial charge in [0.1, 0.15) is 11.3 Å². The molecule has 2 heterocycles. The van der Waals surface area contributed by atoms with Gasteiger partial charge in [0, 0.05) is 40.5 Å². The van der Waals surface area contributed by atoms with Crippen LogP contribution in [0.25, 0.3) is 21.9 Å². The number of nitrogens with zero attached hydrogens (tertiary/aromatic N) is 4. The first-order valence-electron chi connectivity index (χ1n) is 11.2. The van der Waals surface area contributed by atoms with Crippen molar-refractivity contribution in [2.24, 2.45) is 0 Å². The zero-order valence-electron chi connectivity index (χ0n) is 19.0. The summed E-state index contributed by atoms with van der Waals surface area (Å²) in [5.41, 5.74) is 9.85. The topological polar surface area (TPSA) is 131 Å². The molecule has 0 spiro atoms. The fourth-order valence-electron chi connectivity index (χ4n) is 3.97. The van der Waals surface area contributed by atoms with Gasteiger partial charge in [0.05, 0.1) is 29.3 Å². The molecule has 0 saturated carbocycles. The van der Waals surface area contributed by atoms with Gasteiger partial charge in [0.25, 0.3) is 0 Å². The normalized spacial score (nSPS) is 10.9. The molecule has 0 atom stereocenters. The number of amides is 2. The Hall–Kier alpha value is -4.16. The van der Waals surface area contributed by atoms with E-state index in [1.54, 1.807) is 31.4 Å². The molecule has 9 heteroatoms. The largest absolute Gasteiger partial charge is 0.384 e. The van der Waals surface area contributed by atoms with Crippen LogP contribution < -0.4 is 16.4 Å². The van der Waals surface area contributed by atoms with Crippen molar-refractivity contribution in [3.05, 3.63) is 59.9 Å². The number of ether oxygens (including phenoxy) is 1. The first-order chi connectivity index (χ1) is 16.6. The minimum atomic E-state index is -0.297. The first-order valence-corrected chi connectivity index (χ1v) is 11.2. The van der Waals surface area contributed by atoms with Crippen LogP contribution >= 0.6 is 0 Å². The summed E-state index contributed by atoms with van der Waals surface area (Å²) in [6.45, 7) is 1.81. The number of unbranched alkanes of at least 4 members (excludes halogenated alkanes) is 1. The maximum absolute atomic E-state index is 12.2. The number of para-hydroxylation sites is 1. The van der Waals surface area contributed by atoms with E-state index >= 15 is 0 Å². The Labute approximate surface area is 200 Å². The lowest BCUT2D eigenvalue weighted by Gasteiger charge is -2.12. The van der Waals surface area contributed by atoms with Crippen LogP contribution in [-0.4, -0.2) is 40.8 Å². The number of fused-ring (bicyclic) bond motifs is 3. The Balaban J connectivity index is 0.00000228. The van der Waals surface area contributed by atoms with Crippen molar-refractivity contribution in [2.75, 3.05) is 31.3 Å². The highest BCUT2D eigenvalue weighted by Crippen LogP contribution is 2.29. The smallest absolute Gasteiger partial charge is 0.319 e. The molecule has 4 rings (SSSR count). The van der Waals surface area contributed by atoms with E-state index in [0.29, 0.717) is 42.2 Å². The van der Waals surface area contributed by atoms with E-state index in [4.69, 9.17) is 20.7 Å². The summed E-state index contributed by atoms with van der Waals surface area (Å²) < 4.78 is 7.47. The van der Waals surface area contributed by atoms with Gasteiger partial charge in [-0.05, 0) is 37.1 Å². The Bertz CT molecular complexity index is 1370. The number of aryl methyl sites for hydroxylation is 1. The molecule has 2 amide bonds. The number of carbonyl (C=O) groups excluding carboxylic acids is 1. The molecule has 178 valence electrons. The van der Waals surface area contributed by atoms with Crippen LogP contribution in [0.4, 0.5) is 16.3 Å². The van der Waals surface area contributed by atoms with Crippen LogP contribution in [0.1, 0.15) is 27.1 Å². The van der Waals surface area contributed by atoms with E-state index in [9.17, 15) is 4.79 Å². The second-order valence-electron chi connectivity index (χ2n) is 7.91. The molecule has 34 heavy (non-hydrogen) atoms. The molecule has 2 aromatic heterocycles. The molecule has 0 fully saturated rings. The lowest BCUT2D eigenvalue weighted by molar-refractivity contribution is 0.199. The fourth-order valence-corrected chi connectivity index (χ4v) is 3.97. The minimum absolute atomic E-state index is 0. The molecule has 4 aromatic rings. The second-order valence-corrected chi connectivity index (χ2v) is 7.91. The molecule has 0 unspecified atom stereocenters. The number of rotatable bonds is 9. The predicted molar refractivity (Wildman–Crippen MR) is 137 cm³/mol. The SMILES string of the molecule is COCCc1nc2c(N)nc3ccccc3c2n1CCCCNC(=O)Nc1cccc(C#N)c1.[HH].[HH]. The molecule has 0 saturated heterocycles. The zero-order valence-corrected chi connectivity index (χ0v) is 19.0. The van der Waals surface area contributed by atoms with Gasteiger partial charge >= 0.3 is 6.03 Å². The number of anilines is 2. The number of nitriles is 1. The third-order valence-corrected chi connectivity index (χ3v) is 5.56. The average Bonchev–Trinajstić information content (AvgIpc) is 3.22. The molecule has 0 aliphatic heterocycles. The zero-order chi connectivity index (χ0) is 23.9. The number of hydrogen-bond donors (Lipinski definition) is 3. The summed E-state index contributed by atoms with van der Waals surface area (Å²) >= 11 is 0. The molecule has 0 bridgehead atoms. The van der Waals surface area contributed by atoms with Crippen molar-refractivity contribution in [1.82, 2.24) is 19.9 Å². The number of imidazole rings is 1. The van der Waals surface area contributed by atoms with E-state index in [-0.39, 0.29) is 8.88 Å². The van der Waals surface area contributed by atoms with Crippen molar-refractivity contribution in [3.8, 4) is 6.07 Å². The van der Waals surface area contributed by atoms with E-state index in [1.165, 1.54) is 0 Å². The third-order valence-electron chi connectivity index (χ3n) is 5.56. The highest BCUT2D eigenvalue weighted by Gasteiger charge is 2.17. The van der Waals surface area contributed by atoms with Gasteiger partial charge in [-0.1, -0.05) is 24.3 Å². The monoisotopic (exact) mass is 461 g/mol. The van der Waals surface area contributed by atoms with Crippen LogP contribution in [0, 0.1) is 11.3 Å². The summed E-state index contributed by atoms with van der Waals surface area (Å²) in [5, 5.41) is 15.6. The lowest BCUT2D eigenvalue weighted by atomic mass is 10.2. The van der Waals surface area contributed by atoms with Crippen LogP contribution in [-0.2, 0) is 17.7 Å². The summed E-state index contributed by atoms with van der Waals surface area (Å²) in [7, 11) is 1.67. The minimum Gasteiger partial charge on any atom is -0.384 e. The van der Waals surface area contributed by atoms with Crippen molar-refractivity contribution in [2.45, 2.75) is 25.8 Å². The quantitative estimate of drug-likeness (QED) is 0.318. The van der Waals surface area contributed by atoms with Gasteiger partial charge in [0.2, 0.25) is 0 Å². The van der Waals surface area contributed by atoms with E-state index in [0.717, 1.165) is 41.6 Å². The van der Waals surface area contributed by atoms with Gasteiger partial charge in [-0.2, -0.15) is 5.26 Å². The highest BCUT2D eigenvalue weighted by molar-refractivity contribution is 6.06. The molecule has 0 radical (unpaired) electrons. The Morgan fingerprint density at radius 3 is 2.88 bits per heavy atom. The Morgan fingerprint density at radius 2 is 2.06 bits per heavy atom. The second kappa shape index (κ2) is 10.6. The van der Waals surface area contributed by atoms with Gasteiger partial charge in [-0.25, -0.2) is 14.8 Å². The summed E-state index contributed by atoms with van der Waals surface area (Å²) in [4.78, 5) is 21.5. The first kappa shape index (κ1) is 23.0. The van der Waals surface area contributed by atoms with Crippen LogP contribution in [0.3, 0.4) is 0 Å². The molecule has 4 N–H and O–H groups in total. The molecule has 2 aromatic carbocycles. The number of urea groups is 1. The number of pyridine rings is 1. The molecular formula is C25H31N7O2. The maximum atomic E-state index is 12.2. The highest BCUT2D eigenvalue weighted by atomic mass is 16.5. The number of aromatic nitrogens is 3. The number of nitrogens with one attached hydrogen (secondary N) is 2. The number of methoxy groups -OCH3 is 1. The van der Waals surface area contributed by atoms with Crippen molar-refractivity contribution in [3.63, 3.8) is 0 Å². The molecule has 9 nitrogen and oxygen atoms in total. The fraction of sp³-hybridized carbons (Fsp3) is 0.280. The summed E-state index contributed by atoms with van der Waals surface area (Å²) in [5.74, 6) is 1.33. The molecule has 0 aliphatic rings. The number of hydrogen-bond acceptors (Lipinski definition) is 6. The number of carbonyl (C=O) groups is 1.